The minimum Gasteiger partial charge on any atom is -0.322 e. The number of amides is 1. The first kappa shape index (κ1) is 17.9. The quantitative estimate of drug-likeness (QED) is 0.598. The average molecular weight is 377 g/mol. The molecule has 0 aliphatic heterocycles. The standard InChI is InChI=1S/C15H13Cl3FN3O/c1-8(9-5-12(19)11(17)6-10(9)16)21-7-14(23)22-13-3-2-4-20-15(13)18/h2-6,8,21H,7H2,1H3,(H,22,23)/t8-/m0/s1. The van der Waals surface area contributed by atoms with E-state index in [-0.39, 0.29) is 28.7 Å². The summed E-state index contributed by atoms with van der Waals surface area (Å²) in [4.78, 5) is 15.8. The van der Waals surface area contributed by atoms with Gasteiger partial charge in [-0.15, -0.1) is 0 Å². The summed E-state index contributed by atoms with van der Waals surface area (Å²) >= 11 is 17.6. The normalized spacial score (nSPS) is 12.0. The van der Waals surface area contributed by atoms with Gasteiger partial charge in [-0.2, -0.15) is 0 Å². The Labute approximate surface area is 148 Å². The molecule has 1 aromatic heterocycles. The molecule has 0 aliphatic carbocycles. The Hall–Kier alpha value is -1.40. The first-order chi connectivity index (χ1) is 10.9. The number of anilines is 1. The fraction of sp³-hybridized carbons (Fsp3) is 0.200. The molecular weight excluding hydrogens is 364 g/mol. The molecule has 0 saturated carbocycles. The number of carbonyl (C=O) groups excluding carboxylic acids is 1. The Morgan fingerprint density at radius 3 is 2.74 bits per heavy atom. The molecular formula is C15H13Cl3FN3O. The average Bonchev–Trinajstić information content (AvgIpc) is 2.51. The first-order valence-electron chi connectivity index (χ1n) is 6.66. The van der Waals surface area contributed by atoms with Gasteiger partial charge in [0.15, 0.2) is 5.15 Å². The minimum absolute atomic E-state index is 0.00698. The Balaban J connectivity index is 1.96. The molecule has 2 N–H and O–H groups in total. The predicted octanol–water partition coefficient (Wildman–Crippen LogP) is 4.47. The maximum absolute atomic E-state index is 13.5. The van der Waals surface area contributed by atoms with E-state index < -0.39 is 5.82 Å². The van der Waals surface area contributed by atoms with E-state index in [1.165, 1.54) is 18.3 Å². The molecule has 1 heterocycles. The van der Waals surface area contributed by atoms with Crippen LogP contribution in [0.25, 0.3) is 0 Å². The van der Waals surface area contributed by atoms with Gasteiger partial charge in [-0.25, -0.2) is 9.37 Å². The highest BCUT2D eigenvalue weighted by atomic mass is 35.5. The SMILES string of the molecule is C[C@H](NCC(=O)Nc1cccnc1Cl)c1cc(F)c(Cl)cc1Cl. The Morgan fingerprint density at radius 2 is 2.04 bits per heavy atom. The van der Waals surface area contributed by atoms with Crippen molar-refractivity contribution < 1.29 is 9.18 Å². The number of hydrogen-bond acceptors (Lipinski definition) is 3. The van der Waals surface area contributed by atoms with E-state index in [2.05, 4.69) is 15.6 Å². The summed E-state index contributed by atoms with van der Waals surface area (Å²) < 4.78 is 13.5. The smallest absolute Gasteiger partial charge is 0.238 e. The number of aromatic nitrogens is 1. The van der Waals surface area contributed by atoms with Gasteiger partial charge in [0.1, 0.15) is 5.82 Å². The fourth-order valence-electron chi connectivity index (χ4n) is 1.90. The summed E-state index contributed by atoms with van der Waals surface area (Å²) in [7, 11) is 0. The largest absolute Gasteiger partial charge is 0.322 e. The molecule has 0 fully saturated rings. The van der Waals surface area contributed by atoms with Crippen LogP contribution in [-0.2, 0) is 4.79 Å². The zero-order valence-electron chi connectivity index (χ0n) is 12.0. The van der Waals surface area contributed by atoms with Crippen LogP contribution in [0, 0.1) is 5.82 Å². The van der Waals surface area contributed by atoms with Crippen molar-refractivity contribution in [2.24, 2.45) is 0 Å². The Bertz CT molecular complexity index is 727. The topological polar surface area (TPSA) is 54.0 Å². The van der Waals surface area contributed by atoms with E-state index >= 15 is 0 Å². The van der Waals surface area contributed by atoms with Crippen LogP contribution in [0.4, 0.5) is 10.1 Å². The van der Waals surface area contributed by atoms with E-state index in [9.17, 15) is 9.18 Å². The molecule has 0 unspecified atom stereocenters. The van der Waals surface area contributed by atoms with E-state index in [1.54, 1.807) is 19.1 Å². The van der Waals surface area contributed by atoms with Crippen LogP contribution in [-0.4, -0.2) is 17.4 Å². The van der Waals surface area contributed by atoms with Crippen molar-refractivity contribution in [3.8, 4) is 0 Å². The lowest BCUT2D eigenvalue weighted by molar-refractivity contribution is -0.115. The highest BCUT2D eigenvalue weighted by molar-refractivity contribution is 6.35. The second-order valence-electron chi connectivity index (χ2n) is 4.78. The zero-order chi connectivity index (χ0) is 17.0. The van der Waals surface area contributed by atoms with Crippen molar-refractivity contribution in [1.29, 1.82) is 0 Å². The lowest BCUT2D eigenvalue weighted by Gasteiger charge is -2.16. The lowest BCUT2D eigenvalue weighted by atomic mass is 10.1. The molecule has 4 nitrogen and oxygen atoms in total. The van der Waals surface area contributed by atoms with Crippen molar-refractivity contribution in [2.45, 2.75) is 13.0 Å². The van der Waals surface area contributed by atoms with Crippen molar-refractivity contribution in [1.82, 2.24) is 10.3 Å². The minimum atomic E-state index is -0.564. The van der Waals surface area contributed by atoms with Gasteiger partial charge in [0, 0.05) is 17.3 Å². The van der Waals surface area contributed by atoms with Gasteiger partial charge in [-0.05, 0) is 36.8 Å². The van der Waals surface area contributed by atoms with Gasteiger partial charge in [0.2, 0.25) is 5.91 Å². The number of pyridine rings is 1. The Morgan fingerprint density at radius 1 is 1.30 bits per heavy atom. The van der Waals surface area contributed by atoms with E-state index in [4.69, 9.17) is 34.8 Å². The molecule has 0 aliphatic rings. The van der Waals surface area contributed by atoms with Crippen LogP contribution in [0.5, 0.6) is 0 Å². The third-order valence-corrected chi connectivity index (χ3v) is 4.03. The second-order valence-corrected chi connectivity index (χ2v) is 5.95. The highest BCUT2D eigenvalue weighted by Crippen LogP contribution is 2.28. The molecule has 0 spiro atoms. The number of nitrogens with one attached hydrogen (secondary N) is 2. The van der Waals surface area contributed by atoms with Crippen LogP contribution >= 0.6 is 34.8 Å². The molecule has 0 bridgehead atoms. The van der Waals surface area contributed by atoms with Crippen molar-refractivity contribution in [3.05, 3.63) is 57.0 Å². The van der Waals surface area contributed by atoms with Gasteiger partial charge < -0.3 is 10.6 Å². The number of nitrogens with zero attached hydrogens (tertiary/aromatic N) is 1. The second kappa shape index (κ2) is 7.93. The predicted molar refractivity (Wildman–Crippen MR) is 90.7 cm³/mol. The molecule has 2 rings (SSSR count). The fourth-order valence-corrected chi connectivity index (χ4v) is 2.61. The van der Waals surface area contributed by atoms with Gasteiger partial charge in [0.05, 0.1) is 17.3 Å². The molecule has 0 radical (unpaired) electrons. The third kappa shape index (κ3) is 4.78. The van der Waals surface area contributed by atoms with Crippen molar-refractivity contribution >= 4 is 46.4 Å². The molecule has 23 heavy (non-hydrogen) atoms. The van der Waals surface area contributed by atoms with Crippen LogP contribution in [0.1, 0.15) is 18.5 Å². The van der Waals surface area contributed by atoms with Crippen LogP contribution in [0.2, 0.25) is 15.2 Å². The number of rotatable bonds is 5. The van der Waals surface area contributed by atoms with Crippen LogP contribution in [0.15, 0.2) is 30.5 Å². The Kier molecular flexibility index (Phi) is 6.18. The number of benzene rings is 1. The molecule has 122 valence electrons. The molecule has 1 atom stereocenters. The van der Waals surface area contributed by atoms with Crippen molar-refractivity contribution in [3.63, 3.8) is 0 Å². The summed E-state index contributed by atoms with van der Waals surface area (Å²) in [5.41, 5.74) is 0.935. The van der Waals surface area contributed by atoms with Gasteiger partial charge >= 0.3 is 0 Å². The van der Waals surface area contributed by atoms with E-state index in [0.29, 0.717) is 16.3 Å². The molecule has 0 saturated heterocycles. The van der Waals surface area contributed by atoms with Gasteiger partial charge in [0.25, 0.3) is 0 Å². The van der Waals surface area contributed by atoms with Gasteiger partial charge in [-0.1, -0.05) is 34.8 Å². The molecule has 8 heteroatoms. The highest BCUT2D eigenvalue weighted by Gasteiger charge is 2.14. The van der Waals surface area contributed by atoms with E-state index in [1.807, 2.05) is 0 Å². The third-order valence-electron chi connectivity index (χ3n) is 3.11. The van der Waals surface area contributed by atoms with E-state index in [0.717, 1.165) is 0 Å². The lowest BCUT2D eigenvalue weighted by Crippen LogP contribution is -2.30. The summed E-state index contributed by atoms with van der Waals surface area (Å²) in [6, 6.07) is 5.54. The first-order valence-corrected chi connectivity index (χ1v) is 7.80. The molecule has 1 aromatic carbocycles. The summed E-state index contributed by atoms with van der Waals surface area (Å²) in [6.45, 7) is 1.76. The molecule has 1 amide bonds. The maximum Gasteiger partial charge on any atom is 0.238 e. The van der Waals surface area contributed by atoms with Gasteiger partial charge in [-0.3, -0.25) is 4.79 Å². The van der Waals surface area contributed by atoms with Crippen LogP contribution < -0.4 is 10.6 Å². The van der Waals surface area contributed by atoms with Crippen LogP contribution in [0.3, 0.4) is 0 Å². The summed E-state index contributed by atoms with van der Waals surface area (Å²) in [5, 5.41) is 6.07. The zero-order valence-corrected chi connectivity index (χ0v) is 14.3. The summed E-state index contributed by atoms with van der Waals surface area (Å²) in [5.74, 6) is -0.872. The monoisotopic (exact) mass is 375 g/mol. The molecule has 2 aromatic rings. The number of halogens is 4. The number of hydrogen-bond donors (Lipinski definition) is 2. The maximum atomic E-state index is 13.5. The van der Waals surface area contributed by atoms with Crippen molar-refractivity contribution in [2.75, 3.05) is 11.9 Å². The summed E-state index contributed by atoms with van der Waals surface area (Å²) in [6.07, 6.45) is 1.52. The number of carbonyl (C=O) groups is 1.